The molecule has 0 spiro atoms. The molecule has 4 atom stereocenters. The van der Waals surface area contributed by atoms with Crippen molar-refractivity contribution in [2.24, 2.45) is 0 Å². The second-order valence-corrected chi connectivity index (χ2v) is 30.8. The molecule has 27 heteroatoms. The fourth-order valence-electron chi connectivity index (χ4n) is 17.4. The third-order valence-corrected chi connectivity index (χ3v) is 23.7. The molecule has 1 amide bonds. The van der Waals surface area contributed by atoms with Gasteiger partial charge < -0.3 is 82.9 Å². The summed E-state index contributed by atoms with van der Waals surface area (Å²) in [4.78, 5) is 45.8. The number of imidazole rings is 2. The van der Waals surface area contributed by atoms with Gasteiger partial charge in [0.1, 0.15) is 35.2 Å². The lowest BCUT2D eigenvalue weighted by Crippen LogP contribution is -2.41. The number of aromatic nitrogens is 8. The minimum absolute atomic E-state index is 0.0671. The van der Waals surface area contributed by atoms with Gasteiger partial charge in [-0.15, -0.1) is 11.6 Å². The number of hydrogen-bond donors (Lipinski definition) is 3. The fourth-order valence-corrected chi connectivity index (χ4v) is 17.5. The number of amides is 1. The lowest BCUT2D eigenvalue weighted by molar-refractivity contribution is 0.0800. The number of nitrogen functional groups attached to an aromatic ring is 2. The Morgan fingerprint density at radius 1 is 0.466 bits per heavy atom. The molecule has 12 aromatic rings. The molecule has 0 saturated carbocycles. The lowest BCUT2D eigenvalue weighted by atomic mass is 9.86. The Balaban J connectivity index is 0.000000141. The Hall–Kier alpha value is -12.1. The van der Waals surface area contributed by atoms with Gasteiger partial charge in [-0.3, -0.25) is 9.80 Å². The summed E-state index contributed by atoms with van der Waals surface area (Å²) in [5, 5.41) is 3.74. The number of halogens is 1. The predicted octanol–water partition coefficient (Wildman–Crippen LogP) is 16.3. The molecular formula is C89H91ClN14O12. The number of nitrogens with zero attached hydrogens (tertiary/aromatic N) is 11. The highest BCUT2D eigenvalue weighted by molar-refractivity contribution is 6.17. The topological polar surface area (TPSA) is 280 Å². The zero-order valence-electron chi connectivity index (χ0n) is 65.7. The number of hydrogen-bond acceptors (Lipinski definition) is 23. The highest BCUT2D eigenvalue weighted by Crippen LogP contribution is 2.59. The highest BCUT2D eigenvalue weighted by atomic mass is 35.5. The maximum absolute atomic E-state index is 14.2. The van der Waals surface area contributed by atoms with Crippen LogP contribution in [0.3, 0.4) is 0 Å². The van der Waals surface area contributed by atoms with Crippen LogP contribution in [-0.2, 0) is 69.2 Å². The summed E-state index contributed by atoms with van der Waals surface area (Å²) in [5.74, 6) is 12.2. The van der Waals surface area contributed by atoms with Crippen LogP contribution in [0.2, 0.25) is 0 Å². The SMILES string of the molecule is COc1ccc2cc1Oc1ccc(cc1)C[C@@H]1NCCc3cc(OC)c4c(c31)Oc1cc3c(cc1O4)CCN(C)[C@H]3C2.COc1ccc2cc1Oc1ccc(cc1)C[C@H]1c3c(cc(OC)c4c3Oc3cc5c(cc3O4)CCN(C)[C@H]5C2)CCN1C(=O)OCCCCn1cnc2c(N)ncnc21.Nc1ncnc2c1ncn2CCCCCl. The maximum atomic E-state index is 14.2. The number of ether oxygens (including phenoxy) is 11. The van der Waals surface area contributed by atoms with Crippen LogP contribution in [0.15, 0.2) is 147 Å². The van der Waals surface area contributed by atoms with Crippen molar-refractivity contribution >= 4 is 51.7 Å². The summed E-state index contributed by atoms with van der Waals surface area (Å²) in [6.07, 6.45) is 15.6. The molecule has 0 radical (unpaired) electrons. The van der Waals surface area contributed by atoms with Crippen molar-refractivity contribution in [3.63, 3.8) is 0 Å². The van der Waals surface area contributed by atoms with Crippen LogP contribution in [0.4, 0.5) is 16.4 Å². The number of methoxy groups -OCH3 is 4. The second-order valence-electron chi connectivity index (χ2n) is 30.5. The monoisotopic (exact) mass is 1580 g/mol. The van der Waals surface area contributed by atoms with Crippen molar-refractivity contribution < 1.29 is 56.9 Å². The first-order chi connectivity index (χ1) is 56.7. The molecule has 14 heterocycles. The first kappa shape index (κ1) is 75.3. The summed E-state index contributed by atoms with van der Waals surface area (Å²) in [7, 11) is 11.1. The number of nitrogens with two attached hydrogens (primary N) is 2. The van der Waals surface area contributed by atoms with Gasteiger partial charge in [0.25, 0.3) is 0 Å². The van der Waals surface area contributed by atoms with E-state index in [-0.39, 0.29) is 30.8 Å². The first-order valence-electron chi connectivity index (χ1n) is 39.6. The van der Waals surface area contributed by atoms with Crippen LogP contribution in [0.1, 0.15) is 117 Å². The molecule has 0 saturated heterocycles. The molecule has 0 aliphatic carbocycles. The van der Waals surface area contributed by atoms with Crippen molar-refractivity contribution in [1.82, 2.24) is 59.1 Å². The first-order valence-corrected chi connectivity index (χ1v) is 40.1. The normalized spacial score (nSPS) is 17.7. The number of alkyl halides is 1. The Labute approximate surface area is 676 Å². The fraction of sp³-hybridized carbons (Fsp3) is 0.337. The molecule has 116 heavy (non-hydrogen) atoms. The molecule has 4 aromatic heterocycles. The van der Waals surface area contributed by atoms with E-state index in [1.165, 1.54) is 51.6 Å². The quantitative estimate of drug-likeness (QED) is 0.0714. The van der Waals surface area contributed by atoms with E-state index >= 15 is 0 Å². The maximum Gasteiger partial charge on any atom is 0.410 e. The van der Waals surface area contributed by atoms with Crippen LogP contribution in [0, 0.1) is 0 Å². The molecule has 14 bridgehead atoms. The molecule has 596 valence electrons. The number of carbonyl (C=O) groups is 1. The van der Waals surface area contributed by atoms with Gasteiger partial charge in [0.15, 0.2) is 91.9 Å². The van der Waals surface area contributed by atoms with Gasteiger partial charge in [0.05, 0.1) is 53.7 Å². The van der Waals surface area contributed by atoms with E-state index in [9.17, 15) is 4.79 Å². The van der Waals surface area contributed by atoms with Crippen LogP contribution in [0.25, 0.3) is 22.3 Å². The van der Waals surface area contributed by atoms with E-state index in [0.717, 1.165) is 152 Å². The standard InChI is InChI=1S/C45H45N7O7.C35H34N2O5.C9H12ClN5/c1-50-15-12-28-21-36-37-23-31(28)32(50)19-27-8-11-34(54-2)35(20-27)57-30-9-6-26(7-10-30)18-33-39-29(22-38(55-3)41(58-36)42(39)59-37)13-16-52(33)45(53)56-17-5-4-14-51-25-49-40-43(46)47-24-48-44(40)51;1-37-13-11-22-17-30-31-19-25(22)27(37)15-21-6-9-28(38-2)29(16-21)40-24-7-4-20(5-8-24)14-26-33-23(10-12-36-26)18-32(39-3)34(41-30)35(33)42-31;10-3-1-2-4-15-6-14-7-8(11)12-5-13-9(7)15/h6-11,20-25,32-33H,4-5,12-19H2,1-3H3,(H2,46,47,48);4-9,16-19,26-27,36H,10-15H2,1-3H3;5-6H,1-4H2,(H2,11,12,13)/t32-,33-;26-,27-;/m00./s1. The van der Waals surface area contributed by atoms with E-state index in [2.05, 4.69) is 126 Å². The zero-order chi connectivity index (χ0) is 79.2. The van der Waals surface area contributed by atoms with E-state index in [4.69, 9.17) is 75.2 Å². The number of aryl methyl sites for hydroxylation is 2. The minimum Gasteiger partial charge on any atom is -0.493 e. The number of unbranched alkanes of at least 4 members (excludes halogenated alkanes) is 2. The van der Waals surface area contributed by atoms with Gasteiger partial charge in [0, 0.05) is 67.9 Å². The lowest BCUT2D eigenvalue weighted by Gasteiger charge is -2.39. The molecule has 0 fully saturated rings. The Kier molecular flexibility index (Phi) is 21.0. The third kappa shape index (κ3) is 14.7. The van der Waals surface area contributed by atoms with Crippen molar-refractivity contribution in [2.45, 2.75) is 114 Å². The Morgan fingerprint density at radius 2 is 0.931 bits per heavy atom. The van der Waals surface area contributed by atoms with Crippen LogP contribution >= 0.6 is 11.6 Å². The third-order valence-electron chi connectivity index (χ3n) is 23.4. The molecule has 8 aromatic carbocycles. The van der Waals surface area contributed by atoms with Gasteiger partial charge in [-0.1, -0.05) is 36.4 Å². The molecule has 10 aliphatic heterocycles. The van der Waals surface area contributed by atoms with Crippen LogP contribution < -0.4 is 64.2 Å². The average Bonchev–Trinajstić information content (AvgIpc) is 0.793. The van der Waals surface area contributed by atoms with Crippen molar-refractivity contribution in [1.29, 1.82) is 0 Å². The molecular weight excluding hydrogens is 1490 g/mol. The smallest absolute Gasteiger partial charge is 0.410 e. The van der Waals surface area contributed by atoms with Crippen molar-refractivity contribution in [3.05, 3.63) is 213 Å². The minimum atomic E-state index is -0.433. The molecule has 22 rings (SSSR count). The zero-order valence-corrected chi connectivity index (χ0v) is 66.4. The highest BCUT2D eigenvalue weighted by Gasteiger charge is 2.42. The van der Waals surface area contributed by atoms with Gasteiger partial charge in [-0.2, -0.15) is 0 Å². The Bertz CT molecular complexity index is 5730. The largest absolute Gasteiger partial charge is 0.493 e. The summed E-state index contributed by atoms with van der Waals surface area (Å²) >= 11 is 5.61. The Morgan fingerprint density at radius 3 is 1.46 bits per heavy atom. The van der Waals surface area contributed by atoms with Crippen molar-refractivity contribution in [3.8, 4) is 92.0 Å². The number of carbonyl (C=O) groups excluding carboxylic acids is 1. The van der Waals surface area contributed by atoms with E-state index < -0.39 is 6.04 Å². The van der Waals surface area contributed by atoms with Gasteiger partial charge in [-0.25, -0.2) is 34.7 Å². The predicted molar refractivity (Wildman–Crippen MR) is 439 cm³/mol. The van der Waals surface area contributed by atoms with E-state index in [0.29, 0.717) is 124 Å². The number of anilines is 2. The molecule has 5 N–H and O–H groups in total. The van der Waals surface area contributed by atoms with Gasteiger partial charge in [-0.05, 0) is 238 Å². The summed E-state index contributed by atoms with van der Waals surface area (Å²) in [5.41, 5.74) is 28.2. The molecule has 26 nitrogen and oxygen atoms in total. The van der Waals surface area contributed by atoms with E-state index in [1.54, 1.807) is 41.1 Å². The summed E-state index contributed by atoms with van der Waals surface area (Å²) in [6, 6.07) is 41.4. The number of likely N-dealkylation sites (N-methyl/N-ethyl adjacent to an activating group) is 2. The van der Waals surface area contributed by atoms with Crippen molar-refractivity contribution in [2.75, 3.05) is 92.7 Å². The summed E-state index contributed by atoms with van der Waals surface area (Å²) in [6.45, 7) is 4.96. The second kappa shape index (κ2) is 32.3. The van der Waals surface area contributed by atoms with Crippen LogP contribution in [-0.4, -0.2) is 141 Å². The molecule has 10 aliphatic rings. The molecule has 0 unspecified atom stereocenters. The van der Waals surface area contributed by atoms with Gasteiger partial charge >= 0.3 is 6.09 Å². The number of rotatable bonds is 13. The number of benzene rings is 8. The van der Waals surface area contributed by atoms with Crippen LogP contribution in [0.5, 0.6) is 92.0 Å². The summed E-state index contributed by atoms with van der Waals surface area (Å²) < 4.78 is 73.2. The van der Waals surface area contributed by atoms with Gasteiger partial charge in [0.2, 0.25) is 11.5 Å². The average molecular weight is 1580 g/mol. The number of nitrogens with one attached hydrogen (secondary N) is 1. The van der Waals surface area contributed by atoms with E-state index in [1.807, 2.05) is 68.6 Å². The number of fused-ring (bicyclic) bond motifs is 6.